The number of hydrogen-bond acceptors (Lipinski definition) is 4. The SMILES string of the molecule is Cl.O=C(/C=C/c1ccccc1[N+](=O)[O-])N1CCCN(Cc2ccc(F)cc2)CC1. The maximum atomic E-state index is 13.0. The highest BCUT2D eigenvalue weighted by Gasteiger charge is 2.18. The minimum atomic E-state index is -0.455. The fourth-order valence-corrected chi connectivity index (χ4v) is 3.26. The summed E-state index contributed by atoms with van der Waals surface area (Å²) in [5.41, 5.74) is 1.43. The lowest BCUT2D eigenvalue weighted by Crippen LogP contribution is -2.34. The minimum Gasteiger partial charge on any atom is -0.338 e. The van der Waals surface area contributed by atoms with Crippen LogP contribution in [0.1, 0.15) is 17.5 Å². The second kappa shape index (κ2) is 10.7. The maximum Gasteiger partial charge on any atom is 0.276 e. The molecule has 1 fully saturated rings. The predicted octanol–water partition coefficient (Wildman–Crippen LogP) is 3.90. The summed E-state index contributed by atoms with van der Waals surface area (Å²) in [6.45, 7) is 3.52. The van der Waals surface area contributed by atoms with Crippen LogP contribution in [0.25, 0.3) is 6.08 Å². The van der Waals surface area contributed by atoms with Crippen molar-refractivity contribution in [1.82, 2.24) is 9.80 Å². The first-order valence-corrected chi connectivity index (χ1v) is 9.20. The molecule has 0 atom stereocenters. The summed E-state index contributed by atoms with van der Waals surface area (Å²) in [6.07, 6.45) is 3.74. The smallest absolute Gasteiger partial charge is 0.276 e. The summed E-state index contributed by atoms with van der Waals surface area (Å²) in [6, 6.07) is 12.8. The van der Waals surface area contributed by atoms with E-state index in [4.69, 9.17) is 0 Å². The van der Waals surface area contributed by atoms with E-state index in [0.717, 1.165) is 25.1 Å². The third-order valence-corrected chi connectivity index (χ3v) is 4.76. The first-order valence-electron chi connectivity index (χ1n) is 9.20. The van der Waals surface area contributed by atoms with Gasteiger partial charge in [-0.25, -0.2) is 4.39 Å². The van der Waals surface area contributed by atoms with E-state index < -0.39 is 4.92 Å². The molecule has 1 heterocycles. The third kappa shape index (κ3) is 6.37. The second-order valence-electron chi connectivity index (χ2n) is 6.73. The molecule has 1 aliphatic rings. The molecule has 0 saturated carbocycles. The van der Waals surface area contributed by atoms with Crippen LogP contribution in [-0.2, 0) is 11.3 Å². The Kier molecular flexibility index (Phi) is 8.30. The Morgan fingerprint density at radius 2 is 1.79 bits per heavy atom. The maximum absolute atomic E-state index is 13.0. The summed E-state index contributed by atoms with van der Waals surface area (Å²) in [5, 5.41) is 11.1. The van der Waals surface area contributed by atoms with Gasteiger partial charge in [0.25, 0.3) is 5.69 Å². The Morgan fingerprint density at radius 1 is 1.07 bits per heavy atom. The number of rotatable bonds is 5. The van der Waals surface area contributed by atoms with Crippen molar-refractivity contribution in [3.05, 3.63) is 81.7 Å². The number of halogens is 2. The van der Waals surface area contributed by atoms with Gasteiger partial charge in [-0.15, -0.1) is 12.4 Å². The first kappa shape index (κ1) is 22.5. The molecule has 0 N–H and O–H groups in total. The third-order valence-electron chi connectivity index (χ3n) is 4.76. The van der Waals surface area contributed by atoms with Crippen molar-refractivity contribution in [1.29, 1.82) is 0 Å². The lowest BCUT2D eigenvalue weighted by Gasteiger charge is -2.21. The number of nitro groups is 1. The number of benzene rings is 2. The van der Waals surface area contributed by atoms with Crippen molar-refractivity contribution in [3.63, 3.8) is 0 Å². The molecule has 2 aromatic carbocycles. The van der Waals surface area contributed by atoms with Crippen molar-refractivity contribution in [2.45, 2.75) is 13.0 Å². The molecule has 0 radical (unpaired) electrons. The molecule has 0 spiro atoms. The van der Waals surface area contributed by atoms with E-state index in [1.54, 1.807) is 35.2 Å². The van der Waals surface area contributed by atoms with E-state index in [9.17, 15) is 19.3 Å². The summed E-state index contributed by atoms with van der Waals surface area (Å²) < 4.78 is 13.0. The van der Waals surface area contributed by atoms with Crippen molar-refractivity contribution in [2.24, 2.45) is 0 Å². The molecular formula is C21H23ClFN3O3. The van der Waals surface area contributed by atoms with E-state index in [1.165, 1.54) is 30.4 Å². The molecule has 6 nitrogen and oxygen atoms in total. The molecule has 1 saturated heterocycles. The Labute approximate surface area is 175 Å². The number of para-hydroxylation sites is 1. The topological polar surface area (TPSA) is 66.7 Å². The lowest BCUT2D eigenvalue weighted by atomic mass is 10.1. The molecule has 0 aliphatic carbocycles. The number of hydrogen-bond donors (Lipinski definition) is 0. The van der Waals surface area contributed by atoms with E-state index in [-0.39, 0.29) is 29.8 Å². The van der Waals surface area contributed by atoms with Crippen LogP contribution < -0.4 is 0 Å². The van der Waals surface area contributed by atoms with Crippen LogP contribution in [0.2, 0.25) is 0 Å². The molecule has 0 aromatic heterocycles. The number of nitro benzene ring substituents is 1. The average molecular weight is 420 g/mol. The molecule has 0 unspecified atom stereocenters. The predicted molar refractivity (Wildman–Crippen MR) is 112 cm³/mol. The molecule has 8 heteroatoms. The van der Waals surface area contributed by atoms with Gasteiger partial charge in [0, 0.05) is 44.9 Å². The van der Waals surface area contributed by atoms with Crippen LogP contribution in [0.4, 0.5) is 10.1 Å². The fraction of sp³-hybridized carbons (Fsp3) is 0.286. The quantitative estimate of drug-likeness (QED) is 0.418. The molecule has 0 bridgehead atoms. The van der Waals surface area contributed by atoms with Gasteiger partial charge >= 0.3 is 0 Å². The van der Waals surface area contributed by atoms with Gasteiger partial charge in [0.05, 0.1) is 10.5 Å². The second-order valence-corrected chi connectivity index (χ2v) is 6.73. The van der Waals surface area contributed by atoms with Gasteiger partial charge in [0.1, 0.15) is 5.82 Å². The van der Waals surface area contributed by atoms with Crippen LogP contribution in [0, 0.1) is 15.9 Å². The largest absolute Gasteiger partial charge is 0.338 e. The van der Waals surface area contributed by atoms with Crippen LogP contribution in [0.3, 0.4) is 0 Å². The van der Waals surface area contributed by atoms with Crippen LogP contribution in [0.15, 0.2) is 54.6 Å². The Hall–Kier alpha value is -2.77. The van der Waals surface area contributed by atoms with E-state index >= 15 is 0 Å². The van der Waals surface area contributed by atoms with Gasteiger partial charge < -0.3 is 4.90 Å². The summed E-state index contributed by atoms with van der Waals surface area (Å²) in [7, 11) is 0. The molecular weight excluding hydrogens is 397 g/mol. The van der Waals surface area contributed by atoms with Gasteiger partial charge in [0.15, 0.2) is 0 Å². The van der Waals surface area contributed by atoms with Crippen LogP contribution in [-0.4, -0.2) is 46.8 Å². The van der Waals surface area contributed by atoms with Gasteiger partial charge in [-0.2, -0.15) is 0 Å². The van der Waals surface area contributed by atoms with E-state index in [1.807, 2.05) is 0 Å². The highest BCUT2D eigenvalue weighted by Crippen LogP contribution is 2.19. The number of nitrogens with zero attached hydrogens (tertiary/aromatic N) is 3. The monoisotopic (exact) mass is 419 g/mol. The lowest BCUT2D eigenvalue weighted by molar-refractivity contribution is -0.385. The van der Waals surface area contributed by atoms with Crippen molar-refractivity contribution >= 4 is 30.1 Å². The van der Waals surface area contributed by atoms with Gasteiger partial charge in [-0.1, -0.05) is 24.3 Å². The van der Waals surface area contributed by atoms with Crippen molar-refractivity contribution in [3.8, 4) is 0 Å². The number of carbonyl (C=O) groups excluding carboxylic acids is 1. The van der Waals surface area contributed by atoms with Gasteiger partial charge in [-0.05, 0) is 36.3 Å². The number of amides is 1. The molecule has 1 amide bonds. The average Bonchev–Trinajstić information content (AvgIpc) is 2.93. The van der Waals surface area contributed by atoms with Crippen LogP contribution in [0.5, 0.6) is 0 Å². The van der Waals surface area contributed by atoms with E-state index in [0.29, 0.717) is 25.2 Å². The number of carbonyl (C=O) groups is 1. The minimum absolute atomic E-state index is 0. The summed E-state index contributed by atoms with van der Waals surface area (Å²) in [5.74, 6) is -0.399. The molecule has 29 heavy (non-hydrogen) atoms. The Morgan fingerprint density at radius 3 is 2.52 bits per heavy atom. The summed E-state index contributed by atoms with van der Waals surface area (Å²) in [4.78, 5) is 27.1. The molecule has 3 rings (SSSR count). The van der Waals surface area contributed by atoms with Gasteiger partial charge in [-0.3, -0.25) is 19.8 Å². The Bertz CT molecular complexity index is 874. The zero-order valence-electron chi connectivity index (χ0n) is 15.9. The molecule has 154 valence electrons. The zero-order valence-corrected chi connectivity index (χ0v) is 16.7. The highest BCUT2D eigenvalue weighted by molar-refractivity contribution is 5.92. The van der Waals surface area contributed by atoms with Crippen molar-refractivity contribution < 1.29 is 14.1 Å². The highest BCUT2D eigenvalue weighted by atomic mass is 35.5. The fourth-order valence-electron chi connectivity index (χ4n) is 3.26. The van der Waals surface area contributed by atoms with Gasteiger partial charge in [0.2, 0.25) is 5.91 Å². The first-order chi connectivity index (χ1) is 13.5. The normalized spacial score (nSPS) is 15.0. The van der Waals surface area contributed by atoms with E-state index in [2.05, 4.69) is 4.90 Å². The zero-order chi connectivity index (χ0) is 19.9. The van der Waals surface area contributed by atoms with Crippen LogP contribution >= 0.6 is 12.4 Å². The Balaban J connectivity index is 0.00000300. The molecule has 1 aliphatic heterocycles. The summed E-state index contributed by atoms with van der Waals surface area (Å²) >= 11 is 0. The molecule has 2 aromatic rings. The van der Waals surface area contributed by atoms with Crippen molar-refractivity contribution in [2.75, 3.05) is 26.2 Å². The standard InChI is InChI=1S/C21H22FN3O3.ClH/c22-19-9-6-17(7-10-19)16-23-12-3-13-24(15-14-23)21(26)11-8-18-4-1-2-5-20(18)25(27)28;/h1-2,4-11H,3,12-16H2;1H/b11-8+;.